The Labute approximate surface area is 186 Å². The standard InChI is InChI=1S/C17H23O12P.C2H6/c1-10(24-3)13(26-9-18)7-27-30(23)8-12(16(20)21)4-5-15(19)25-6-14-11(2)28-17(22)29-14;1-2/h9,12,23H,4-8H2,1-3H3,(H,20,21);1-2H3/b13-10-;. The molecular weight excluding hydrogens is 451 g/mol. The number of aryl methyl sites for hydroxylation is 1. The molecule has 13 heteroatoms. The van der Waals surface area contributed by atoms with Crippen molar-refractivity contribution in [2.45, 2.75) is 47.1 Å². The molecule has 0 spiro atoms. The topological polar surface area (TPSA) is 172 Å². The van der Waals surface area contributed by atoms with E-state index in [1.807, 2.05) is 13.8 Å². The van der Waals surface area contributed by atoms with E-state index in [0.717, 1.165) is 0 Å². The summed E-state index contributed by atoms with van der Waals surface area (Å²) in [5, 5.41) is 9.30. The lowest BCUT2D eigenvalue weighted by Gasteiger charge is -2.17. The van der Waals surface area contributed by atoms with Crippen molar-refractivity contribution in [1.82, 2.24) is 0 Å². The molecule has 0 bridgehead atoms. The number of ether oxygens (including phenoxy) is 3. The van der Waals surface area contributed by atoms with E-state index < -0.39 is 32.1 Å². The highest BCUT2D eigenvalue weighted by molar-refractivity contribution is 7.46. The summed E-state index contributed by atoms with van der Waals surface area (Å²) in [6, 6.07) is 0. The predicted octanol–water partition coefficient (Wildman–Crippen LogP) is 2.46. The molecule has 0 amide bonds. The maximum absolute atomic E-state index is 11.8. The lowest BCUT2D eigenvalue weighted by atomic mass is 10.1. The number of methoxy groups -OCH3 is 1. The van der Waals surface area contributed by atoms with Crippen LogP contribution in [-0.2, 0) is 39.7 Å². The van der Waals surface area contributed by atoms with Gasteiger partial charge in [-0.25, -0.2) is 4.79 Å². The largest absolute Gasteiger partial charge is 0.519 e. The van der Waals surface area contributed by atoms with Gasteiger partial charge in [-0.2, -0.15) is 0 Å². The third-order valence-electron chi connectivity index (χ3n) is 3.86. The second-order valence-electron chi connectivity index (χ2n) is 5.87. The van der Waals surface area contributed by atoms with Crippen molar-refractivity contribution in [2.24, 2.45) is 5.92 Å². The van der Waals surface area contributed by atoms with Gasteiger partial charge in [-0.1, -0.05) is 13.8 Å². The SMILES string of the molecule is CC.CO/C(C)=C(/COP(O)CC(CCC(=O)OCc1oc(=O)oc1C)C(=O)O)OC=O. The summed E-state index contributed by atoms with van der Waals surface area (Å²) in [4.78, 5) is 54.6. The van der Waals surface area contributed by atoms with Gasteiger partial charge >= 0.3 is 17.8 Å². The highest BCUT2D eigenvalue weighted by Crippen LogP contribution is 2.36. The molecule has 1 aromatic rings. The first kappa shape index (κ1) is 29.3. The van der Waals surface area contributed by atoms with Crippen LogP contribution in [0.5, 0.6) is 0 Å². The number of carboxylic acid groups (broad SMARTS) is 1. The van der Waals surface area contributed by atoms with Gasteiger partial charge in [0.05, 0.1) is 13.0 Å². The van der Waals surface area contributed by atoms with Crippen molar-refractivity contribution in [3.8, 4) is 0 Å². The number of hydrogen-bond acceptors (Lipinski definition) is 11. The Kier molecular flexibility index (Phi) is 14.7. The summed E-state index contributed by atoms with van der Waals surface area (Å²) in [6.07, 6.45) is -0.618. The molecule has 0 aliphatic carbocycles. The van der Waals surface area contributed by atoms with Gasteiger partial charge in [0.25, 0.3) is 6.47 Å². The van der Waals surface area contributed by atoms with Gasteiger partial charge in [0.2, 0.25) is 0 Å². The minimum atomic E-state index is -2.18. The van der Waals surface area contributed by atoms with Crippen LogP contribution < -0.4 is 5.82 Å². The molecular formula is C19H29O12P. The number of hydrogen-bond donors (Lipinski definition) is 2. The molecule has 1 heterocycles. The Balaban J connectivity index is 0.00000466. The normalized spacial score (nSPS) is 13.1. The predicted molar refractivity (Wildman–Crippen MR) is 110 cm³/mol. The molecule has 182 valence electrons. The average molecular weight is 480 g/mol. The first-order valence-electron chi connectivity index (χ1n) is 9.59. The summed E-state index contributed by atoms with van der Waals surface area (Å²) >= 11 is 0. The molecule has 0 saturated heterocycles. The van der Waals surface area contributed by atoms with E-state index in [0.29, 0.717) is 0 Å². The van der Waals surface area contributed by atoms with Crippen molar-refractivity contribution in [3.05, 3.63) is 33.7 Å². The molecule has 0 aliphatic heterocycles. The average Bonchev–Trinajstić information content (AvgIpc) is 3.09. The van der Waals surface area contributed by atoms with Crippen molar-refractivity contribution in [3.63, 3.8) is 0 Å². The first-order valence-corrected chi connectivity index (χ1v) is 11.0. The maximum atomic E-state index is 11.8. The summed E-state index contributed by atoms with van der Waals surface area (Å²) in [6.45, 7) is 6.53. The molecule has 32 heavy (non-hydrogen) atoms. The second-order valence-corrected chi connectivity index (χ2v) is 7.20. The number of esters is 1. The van der Waals surface area contributed by atoms with Gasteiger partial charge in [-0.3, -0.25) is 14.4 Å². The second kappa shape index (κ2) is 16.0. The van der Waals surface area contributed by atoms with E-state index in [-0.39, 0.29) is 61.7 Å². The minimum absolute atomic E-state index is 0.0330. The molecule has 2 unspecified atom stereocenters. The summed E-state index contributed by atoms with van der Waals surface area (Å²) in [5.74, 6) is -3.41. The van der Waals surface area contributed by atoms with E-state index in [2.05, 4.69) is 13.6 Å². The Morgan fingerprint density at radius 3 is 2.41 bits per heavy atom. The van der Waals surface area contributed by atoms with Gasteiger partial charge in [-0.15, -0.1) is 0 Å². The van der Waals surface area contributed by atoms with Crippen LogP contribution in [0.25, 0.3) is 0 Å². The van der Waals surface area contributed by atoms with Crippen molar-refractivity contribution in [2.75, 3.05) is 19.9 Å². The van der Waals surface area contributed by atoms with Gasteiger partial charge in [-0.05, 0) is 20.3 Å². The lowest BCUT2D eigenvalue weighted by Crippen LogP contribution is -2.20. The summed E-state index contributed by atoms with van der Waals surface area (Å²) < 4.78 is 29.0. The van der Waals surface area contributed by atoms with Crippen molar-refractivity contribution >= 4 is 26.8 Å². The van der Waals surface area contributed by atoms with Crippen LogP contribution in [0.3, 0.4) is 0 Å². The highest BCUT2D eigenvalue weighted by atomic mass is 31.2. The number of carbonyl (C=O) groups excluding carboxylic acids is 2. The molecule has 0 aliphatic rings. The van der Waals surface area contributed by atoms with Crippen molar-refractivity contribution < 1.29 is 52.0 Å². The highest BCUT2D eigenvalue weighted by Gasteiger charge is 2.25. The molecule has 0 saturated carbocycles. The number of aliphatic carboxylic acids is 1. The zero-order valence-corrected chi connectivity index (χ0v) is 19.5. The van der Waals surface area contributed by atoms with E-state index in [1.165, 1.54) is 21.0 Å². The molecule has 0 radical (unpaired) electrons. The zero-order chi connectivity index (χ0) is 24.7. The Hall–Kier alpha value is -2.69. The van der Waals surface area contributed by atoms with E-state index in [9.17, 15) is 29.2 Å². The molecule has 12 nitrogen and oxygen atoms in total. The smallest absolute Gasteiger partial charge is 0.498 e. The third kappa shape index (κ3) is 11.1. The Morgan fingerprint density at radius 2 is 1.91 bits per heavy atom. The molecule has 2 atom stereocenters. The summed E-state index contributed by atoms with van der Waals surface area (Å²) in [5.41, 5.74) is 0. The van der Waals surface area contributed by atoms with Gasteiger partial charge in [0.15, 0.2) is 32.3 Å². The number of carbonyl (C=O) groups is 3. The molecule has 0 fully saturated rings. The zero-order valence-electron chi connectivity index (χ0n) is 18.6. The third-order valence-corrected chi connectivity index (χ3v) is 5.04. The van der Waals surface area contributed by atoms with E-state index in [4.69, 9.17) is 14.0 Å². The monoisotopic (exact) mass is 480 g/mol. The van der Waals surface area contributed by atoms with Gasteiger partial charge in [0.1, 0.15) is 12.4 Å². The van der Waals surface area contributed by atoms with Crippen LogP contribution in [0.1, 0.15) is 45.1 Å². The van der Waals surface area contributed by atoms with Gasteiger partial charge in [0, 0.05) is 12.6 Å². The molecule has 0 aromatic carbocycles. The van der Waals surface area contributed by atoms with Crippen LogP contribution in [0.2, 0.25) is 0 Å². The quantitative estimate of drug-likeness (QED) is 0.173. The van der Waals surface area contributed by atoms with Crippen molar-refractivity contribution in [1.29, 1.82) is 0 Å². The minimum Gasteiger partial charge on any atom is -0.498 e. The van der Waals surface area contributed by atoms with Gasteiger partial charge < -0.3 is 37.6 Å². The number of allylic oxidation sites excluding steroid dienone is 1. The van der Waals surface area contributed by atoms with E-state index >= 15 is 0 Å². The Bertz CT molecular complexity index is 809. The number of carboxylic acids is 1. The molecule has 1 rings (SSSR count). The fourth-order valence-corrected chi connectivity index (χ4v) is 3.16. The van der Waals surface area contributed by atoms with Crippen LogP contribution >= 0.6 is 8.38 Å². The van der Waals surface area contributed by atoms with E-state index in [1.54, 1.807) is 0 Å². The van der Waals surface area contributed by atoms with Crippen LogP contribution in [0, 0.1) is 12.8 Å². The maximum Gasteiger partial charge on any atom is 0.519 e. The first-order chi connectivity index (χ1) is 15.2. The van der Waals surface area contributed by atoms with Crippen LogP contribution in [0.15, 0.2) is 25.1 Å². The summed E-state index contributed by atoms with van der Waals surface area (Å²) in [7, 11) is -0.829. The van der Waals surface area contributed by atoms with Crippen LogP contribution in [0.4, 0.5) is 0 Å². The van der Waals surface area contributed by atoms with Crippen LogP contribution in [-0.4, -0.2) is 48.3 Å². The Morgan fingerprint density at radius 1 is 1.25 bits per heavy atom. The number of rotatable bonds is 14. The fourth-order valence-electron chi connectivity index (χ4n) is 2.07. The lowest BCUT2D eigenvalue weighted by molar-refractivity contribution is -0.146. The fraction of sp³-hybridized carbons (Fsp3) is 0.579. The molecule has 1 aromatic heterocycles. The molecule has 2 N–H and O–H groups in total.